The summed E-state index contributed by atoms with van der Waals surface area (Å²) in [4.78, 5) is 28.6. The van der Waals surface area contributed by atoms with Crippen LogP contribution in [0.2, 0.25) is 0 Å². The Hall–Kier alpha value is -2.08. The number of aliphatic hydroxyl groups is 1. The summed E-state index contributed by atoms with van der Waals surface area (Å²) in [6.07, 6.45) is 3.17. The summed E-state index contributed by atoms with van der Waals surface area (Å²) < 4.78 is 0. The van der Waals surface area contributed by atoms with Crippen molar-refractivity contribution in [2.75, 3.05) is 32.8 Å². The zero-order valence-electron chi connectivity index (χ0n) is 14.7. The van der Waals surface area contributed by atoms with E-state index in [1.54, 1.807) is 30.0 Å². The predicted molar refractivity (Wildman–Crippen MR) is 93.3 cm³/mol. The van der Waals surface area contributed by atoms with Crippen LogP contribution >= 0.6 is 0 Å². The minimum Gasteiger partial charge on any atom is -0.508 e. The number of carbonyl (C=O) groups is 2. The topological polar surface area (TPSA) is 81.1 Å². The molecule has 1 aromatic carbocycles. The van der Waals surface area contributed by atoms with Crippen LogP contribution in [0.3, 0.4) is 0 Å². The van der Waals surface area contributed by atoms with Gasteiger partial charge in [-0.25, -0.2) is 0 Å². The molecule has 2 aliphatic rings. The molecule has 0 radical (unpaired) electrons. The van der Waals surface area contributed by atoms with Gasteiger partial charge in [0.05, 0.1) is 6.61 Å². The quantitative estimate of drug-likeness (QED) is 0.870. The molecule has 0 aliphatic carbocycles. The van der Waals surface area contributed by atoms with Gasteiger partial charge in [-0.3, -0.25) is 9.59 Å². The maximum absolute atomic E-state index is 13.0. The number of phenols is 1. The number of hydrogen-bond acceptors (Lipinski definition) is 4. The van der Waals surface area contributed by atoms with Gasteiger partial charge in [0.25, 0.3) is 5.91 Å². The van der Waals surface area contributed by atoms with Crippen molar-refractivity contribution in [1.82, 2.24) is 9.80 Å². The minimum absolute atomic E-state index is 0.0348. The average molecular weight is 346 g/mol. The number of rotatable bonds is 3. The van der Waals surface area contributed by atoms with Gasteiger partial charge >= 0.3 is 0 Å². The molecule has 25 heavy (non-hydrogen) atoms. The van der Waals surface area contributed by atoms with E-state index in [2.05, 4.69) is 0 Å². The third kappa shape index (κ3) is 3.49. The smallest absolute Gasteiger partial charge is 0.254 e. The van der Waals surface area contributed by atoms with Gasteiger partial charge < -0.3 is 20.0 Å². The van der Waals surface area contributed by atoms with Gasteiger partial charge in [0.2, 0.25) is 5.91 Å². The zero-order chi connectivity index (χ0) is 18.0. The SMILES string of the molecule is Cc1c(O)cccc1C(=O)N1CCC[C@@]2(CCC(=O)N(CCO)C2)C1. The van der Waals surface area contributed by atoms with Gasteiger partial charge in [-0.05, 0) is 38.3 Å². The number of benzene rings is 1. The summed E-state index contributed by atoms with van der Waals surface area (Å²) in [5, 5.41) is 19.1. The number of β-amino-alcohol motifs (C(OH)–C–C–N with tert-alkyl or cyclic N) is 1. The fourth-order valence-electron chi connectivity index (χ4n) is 4.17. The van der Waals surface area contributed by atoms with Crippen molar-refractivity contribution in [3.63, 3.8) is 0 Å². The van der Waals surface area contributed by atoms with E-state index in [9.17, 15) is 19.8 Å². The second-order valence-electron chi connectivity index (χ2n) is 7.32. The number of phenolic OH excluding ortho intramolecular Hbond substituents is 1. The first-order chi connectivity index (χ1) is 12.0. The van der Waals surface area contributed by atoms with Crippen molar-refractivity contribution in [3.05, 3.63) is 29.3 Å². The number of nitrogens with zero attached hydrogens (tertiary/aromatic N) is 2. The minimum atomic E-state index is -0.0816. The Morgan fingerprint density at radius 2 is 2.08 bits per heavy atom. The van der Waals surface area contributed by atoms with E-state index in [4.69, 9.17) is 0 Å². The molecule has 0 saturated carbocycles. The van der Waals surface area contributed by atoms with Crippen molar-refractivity contribution >= 4 is 11.8 Å². The van der Waals surface area contributed by atoms with E-state index >= 15 is 0 Å². The van der Waals surface area contributed by atoms with Crippen molar-refractivity contribution in [2.45, 2.75) is 32.6 Å². The van der Waals surface area contributed by atoms with Crippen LogP contribution in [0.15, 0.2) is 18.2 Å². The second kappa shape index (κ2) is 7.04. The van der Waals surface area contributed by atoms with Gasteiger partial charge in [-0.1, -0.05) is 6.07 Å². The Bertz CT molecular complexity index is 675. The highest BCUT2D eigenvalue weighted by Crippen LogP contribution is 2.39. The molecule has 1 spiro atoms. The van der Waals surface area contributed by atoms with E-state index in [0.717, 1.165) is 19.3 Å². The first kappa shape index (κ1) is 17.7. The lowest BCUT2D eigenvalue weighted by Gasteiger charge is -2.48. The molecule has 136 valence electrons. The number of hydrogen-bond donors (Lipinski definition) is 2. The number of amides is 2. The second-order valence-corrected chi connectivity index (χ2v) is 7.32. The highest BCUT2D eigenvalue weighted by molar-refractivity contribution is 5.96. The van der Waals surface area contributed by atoms with Crippen LogP contribution < -0.4 is 0 Å². The van der Waals surface area contributed by atoms with Crippen molar-refractivity contribution in [3.8, 4) is 5.75 Å². The molecule has 2 saturated heterocycles. The first-order valence-corrected chi connectivity index (χ1v) is 8.92. The van der Waals surface area contributed by atoms with Crippen molar-refractivity contribution < 1.29 is 19.8 Å². The molecule has 0 bridgehead atoms. The molecule has 2 heterocycles. The van der Waals surface area contributed by atoms with Gasteiger partial charge in [0.1, 0.15) is 5.75 Å². The third-order valence-corrected chi connectivity index (χ3v) is 5.60. The normalized spacial score (nSPS) is 24.0. The highest BCUT2D eigenvalue weighted by atomic mass is 16.3. The van der Waals surface area contributed by atoms with Crippen LogP contribution in [0.1, 0.15) is 41.6 Å². The summed E-state index contributed by atoms with van der Waals surface area (Å²) in [5.74, 6) is 0.167. The molecule has 2 fully saturated rings. The Labute approximate surface area is 148 Å². The first-order valence-electron chi connectivity index (χ1n) is 8.92. The van der Waals surface area contributed by atoms with Crippen LogP contribution in [0.25, 0.3) is 0 Å². The van der Waals surface area contributed by atoms with Crippen molar-refractivity contribution in [2.24, 2.45) is 5.41 Å². The number of likely N-dealkylation sites (tertiary alicyclic amines) is 2. The molecule has 1 atom stereocenters. The van der Waals surface area contributed by atoms with Crippen molar-refractivity contribution in [1.29, 1.82) is 0 Å². The summed E-state index contributed by atoms with van der Waals surface area (Å²) in [7, 11) is 0. The van der Waals surface area contributed by atoms with Gasteiger partial charge in [0, 0.05) is 49.1 Å². The number of aliphatic hydroxyl groups excluding tert-OH is 1. The van der Waals surface area contributed by atoms with E-state index < -0.39 is 0 Å². The summed E-state index contributed by atoms with van der Waals surface area (Å²) in [6.45, 7) is 4.01. The molecule has 2 N–H and O–H groups in total. The largest absolute Gasteiger partial charge is 0.508 e. The standard InChI is InChI=1S/C19H26N2O4/c1-14-15(4-2-5-16(14)23)18(25)21-9-3-7-19(13-21)8-6-17(24)20(12-19)10-11-22/h2,4-5,22-23H,3,6-13H2,1H3/t19-/m0/s1. The maximum Gasteiger partial charge on any atom is 0.254 e. The Morgan fingerprint density at radius 1 is 1.28 bits per heavy atom. The Kier molecular flexibility index (Phi) is 4.99. The molecule has 3 rings (SSSR count). The molecule has 1 aromatic rings. The fraction of sp³-hybridized carbons (Fsp3) is 0.579. The summed E-state index contributed by atoms with van der Waals surface area (Å²) >= 11 is 0. The van der Waals surface area contributed by atoms with Gasteiger partial charge in [0.15, 0.2) is 0 Å². The predicted octanol–water partition coefficient (Wildman–Crippen LogP) is 1.54. The number of aromatic hydroxyl groups is 1. The van der Waals surface area contributed by atoms with Gasteiger partial charge in [-0.15, -0.1) is 0 Å². The lowest BCUT2D eigenvalue weighted by molar-refractivity contribution is -0.139. The highest BCUT2D eigenvalue weighted by Gasteiger charge is 2.42. The lowest BCUT2D eigenvalue weighted by Crippen LogP contribution is -2.55. The van der Waals surface area contributed by atoms with Crippen LogP contribution in [-0.4, -0.2) is 64.6 Å². The molecule has 6 nitrogen and oxygen atoms in total. The van der Waals surface area contributed by atoms with E-state index in [0.29, 0.717) is 43.7 Å². The number of carbonyl (C=O) groups excluding carboxylic acids is 2. The molecular formula is C19H26N2O4. The Balaban J connectivity index is 1.78. The average Bonchev–Trinajstić information content (AvgIpc) is 2.61. The fourth-order valence-corrected chi connectivity index (χ4v) is 4.17. The summed E-state index contributed by atoms with van der Waals surface area (Å²) in [5.41, 5.74) is 1.06. The summed E-state index contributed by atoms with van der Waals surface area (Å²) in [6, 6.07) is 5.03. The lowest BCUT2D eigenvalue weighted by atomic mass is 9.73. The van der Waals surface area contributed by atoms with Gasteiger partial charge in [-0.2, -0.15) is 0 Å². The molecule has 2 amide bonds. The van der Waals surface area contributed by atoms with Crippen LogP contribution in [-0.2, 0) is 4.79 Å². The van der Waals surface area contributed by atoms with E-state index in [1.165, 1.54) is 0 Å². The van der Waals surface area contributed by atoms with Crippen LogP contribution in [0, 0.1) is 12.3 Å². The molecule has 0 aromatic heterocycles. The maximum atomic E-state index is 13.0. The molecule has 0 unspecified atom stereocenters. The van der Waals surface area contributed by atoms with E-state index in [1.807, 2.05) is 4.90 Å². The monoisotopic (exact) mass is 346 g/mol. The van der Waals surface area contributed by atoms with Crippen LogP contribution in [0.4, 0.5) is 0 Å². The zero-order valence-corrected chi connectivity index (χ0v) is 14.7. The van der Waals surface area contributed by atoms with E-state index in [-0.39, 0.29) is 29.6 Å². The Morgan fingerprint density at radius 3 is 2.84 bits per heavy atom. The molecule has 6 heteroatoms. The molecule has 2 aliphatic heterocycles. The third-order valence-electron chi connectivity index (χ3n) is 5.60. The number of piperidine rings is 2. The van der Waals surface area contributed by atoms with Crippen LogP contribution in [0.5, 0.6) is 5.75 Å². The molecular weight excluding hydrogens is 320 g/mol.